The fourth-order valence-electron chi connectivity index (χ4n) is 3.08. The summed E-state index contributed by atoms with van der Waals surface area (Å²) < 4.78 is 18.8. The van der Waals surface area contributed by atoms with Crippen molar-refractivity contribution in [2.75, 3.05) is 19.0 Å². The van der Waals surface area contributed by atoms with E-state index in [-0.39, 0.29) is 36.4 Å². The van der Waals surface area contributed by atoms with Crippen LogP contribution in [0.2, 0.25) is 0 Å². The highest BCUT2D eigenvalue weighted by atomic mass is 32.1. The van der Waals surface area contributed by atoms with E-state index in [4.69, 9.17) is 4.74 Å². The molecule has 2 amide bonds. The topological polar surface area (TPSA) is 84.4 Å². The third-order valence-corrected chi connectivity index (χ3v) is 5.91. The Balaban J connectivity index is 1.63. The van der Waals surface area contributed by atoms with Crippen LogP contribution in [0.5, 0.6) is 5.75 Å². The minimum Gasteiger partial charge on any atom is -0.497 e. The number of hydrogen-bond acceptors (Lipinski definition) is 6. The highest BCUT2D eigenvalue weighted by Crippen LogP contribution is 2.28. The van der Waals surface area contributed by atoms with Gasteiger partial charge in [0.2, 0.25) is 11.0 Å². The van der Waals surface area contributed by atoms with Crippen LogP contribution in [0.1, 0.15) is 37.0 Å². The largest absolute Gasteiger partial charge is 0.497 e. The SMILES string of the molecule is CC[C@H](C)N(CCC(=O)Nc1nnc(-c2cccc(OC)c2)s1)C(=O)c1cccc(F)c1. The number of hydrogen-bond donors (Lipinski definition) is 1. The molecule has 1 heterocycles. The standard InChI is InChI=1S/C23H25FN4O3S/c1-4-15(2)28(22(30)17-8-5-9-18(24)13-17)12-11-20(29)25-23-27-26-21(32-23)16-7-6-10-19(14-16)31-3/h5-10,13-15H,4,11-12H2,1-3H3,(H,25,27,29)/t15-/m0/s1. The van der Waals surface area contributed by atoms with Gasteiger partial charge in [-0.1, -0.05) is 36.5 Å². The summed E-state index contributed by atoms with van der Waals surface area (Å²) in [5.74, 6) is -0.348. The Bertz CT molecular complexity index is 1090. The Hall–Kier alpha value is -3.33. The second-order valence-electron chi connectivity index (χ2n) is 7.21. The first kappa shape index (κ1) is 23.3. The Kier molecular flexibility index (Phi) is 7.88. The molecule has 0 saturated heterocycles. The van der Waals surface area contributed by atoms with Gasteiger partial charge >= 0.3 is 0 Å². The van der Waals surface area contributed by atoms with Crippen molar-refractivity contribution in [3.05, 3.63) is 59.9 Å². The van der Waals surface area contributed by atoms with Crippen molar-refractivity contribution >= 4 is 28.3 Å². The van der Waals surface area contributed by atoms with Gasteiger partial charge in [0, 0.05) is 30.1 Å². The lowest BCUT2D eigenvalue weighted by Crippen LogP contribution is -2.40. The molecule has 1 N–H and O–H groups in total. The molecule has 0 unspecified atom stereocenters. The summed E-state index contributed by atoms with van der Waals surface area (Å²) in [6.07, 6.45) is 0.794. The van der Waals surface area contributed by atoms with E-state index in [9.17, 15) is 14.0 Å². The predicted octanol–water partition coefficient (Wildman–Crippen LogP) is 4.62. The van der Waals surface area contributed by atoms with Gasteiger partial charge in [-0.25, -0.2) is 4.39 Å². The van der Waals surface area contributed by atoms with Gasteiger partial charge in [-0.15, -0.1) is 10.2 Å². The predicted molar refractivity (Wildman–Crippen MR) is 122 cm³/mol. The molecule has 7 nitrogen and oxygen atoms in total. The third kappa shape index (κ3) is 5.88. The van der Waals surface area contributed by atoms with Crippen molar-refractivity contribution in [3.8, 4) is 16.3 Å². The number of amides is 2. The van der Waals surface area contributed by atoms with E-state index in [2.05, 4.69) is 15.5 Å². The molecular weight excluding hydrogens is 431 g/mol. The Morgan fingerprint density at radius 1 is 1.19 bits per heavy atom. The molecule has 32 heavy (non-hydrogen) atoms. The highest BCUT2D eigenvalue weighted by Gasteiger charge is 2.22. The van der Waals surface area contributed by atoms with E-state index in [1.807, 2.05) is 38.1 Å². The molecule has 0 aliphatic carbocycles. The minimum atomic E-state index is -0.471. The van der Waals surface area contributed by atoms with Crippen LogP contribution in [-0.4, -0.2) is 46.6 Å². The smallest absolute Gasteiger partial charge is 0.254 e. The first-order valence-electron chi connectivity index (χ1n) is 10.3. The number of ether oxygens (including phenoxy) is 1. The van der Waals surface area contributed by atoms with E-state index in [0.717, 1.165) is 5.56 Å². The number of anilines is 1. The Labute approximate surface area is 190 Å². The molecule has 1 aromatic heterocycles. The zero-order valence-corrected chi connectivity index (χ0v) is 19.0. The zero-order valence-electron chi connectivity index (χ0n) is 18.2. The van der Waals surface area contributed by atoms with Gasteiger partial charge in [0.15, 0.2) is 0 Å². The van der Waals surface area contributed by atoms with Gasteiger partial charge in [0.05, 0.1) is 7.11 Å². The lowest BCUT2D eigenvalue weighted by molar-refractivity contribution is -0.116. The molecule has 0 spiro atoms. The van der Waals surface area contributed by atoms with Crippen LogP contribution >= 0.6 is 11.3 Å². The number of nitrogens with zero attached hydrogens (tertiary/aromatic N) is 3. The number of rotatable bonds is 9. The Morgan fingerprint density at radius 3 is 2.69 bits per heavy atom. The zero-order chi connectivity index (χ0) is 23.1. The van der Waals surface area contributed by atoms with Gasteiger partial charge < -0.3 is 15.0 Å². The second kappa shape index (κ2) is 10.8. The number of carbonyl (C=O) groups is 2. The fraction of sp³-hybridized carbons (Fsp3) is 0.304. The van der Waals surface area contributed by atoms with Crippen molar-refractivity contribution < 1.29 is 18.7 Å². The summed E-state index contributed by atoms with van der Waals surface area (Å²) in [5.41, 5.74) is 1.10. The highest BCUT2D eigenvalue weighted by molar-refractivity contribution is 7.18. The number of nitrogens with one attached hydrogen (secondary N) is 1. The Morgan fingerprint density at radius 2 is 1.97 bits per heavy atom. The van der Waals surface area contributed by atoms with Crippen molar-refractivity contribution in [1.82, 2.24) is 15.1 Å². The fourth-order valence-corrected chi connectivity index (χ4v) is 3.84. The van der Waals surface area contributed by atoms with E-state index in [0.29, 0.717) is 22.3 Å². The molecule has 0 aliphatic heterocycles. The van der Waals surface area contributed by atoms with Crippen LogP contribution in [0.4, 0.5) is 9.52 Å². The number of halogens is 1. The molecule has 2 aromatic carbocycles. The van der Waals surface area contributed by atoms with Crippen molar-refractivity contribution in [2.45, 2.75) is 32.7 Å². The molecule has 0 bridgehead atoms. The molecule has 0 radical (unpaired) electrons. The summed E-state index contributed by atoms with van der Waals surface area (Å²) in [6.45, 7) is 4.07. The van der Waals surface area contributed by atoms with Crippen molar-refractivity contribution in [1.29, 1.82) is 0 Å². The van der Waals surface area contributed by atoms with Gasteiger partial charge in [-0.2, -0.15) is 0 Å². The molecule has 0 fully saturated rings. The van der Waals surface area contributed by atoms with Gasteiger partial charge in [-0.3, -0.25) is 9.59 Å². The van der Waals surface area contributed by atoms with E-state index < -0.39 is 5.82 Å². The van der Waals surface area contributed by atoms with Crippen LogP contribution in [0.3, 0.4) is 0 Å². The average Bonchev–Trinajstić information content (AvgIpc) is 3.27. The normalized spacial score (nSPS) is 11.6. The van der Waals surface area contributed by atoms with Crippen LogP contribution in [-0.2, 0) is 4.79 Å². The van der Waals surface area contributed by atoms with Gasteiger partial charge in [-0.05, 0) is 43.7 Å². The first-order chi connectivity index (χ1) is 15.4. The maximum absolute atomic E-state index is 13.5. The molecule has 3 rings (SSSR count). The maximum atomic E-state index is 13.5. The number of benzene rings is 2. The monoisotopic (exact) mass is 456 g/mol. The summed E-state index contributed by atoms with van der Waals surface area (Å²) in [7, 11) is 1.59. The average molecular weight is 457 g/mol. The van der Waals surface area contributed by atoms with Crippen LogP contribution in [0.25, 0.3) is 10.6 Å². The summed E-state index contributed by atoms with van der Waals surface area (Å²) in [4.78, 5) is 27.0. The summed E-state index contributed by atoms with van der Waals surface area (Å²) in [5, 5.41) is 11.9. The maximum Gasteiger partial charge on any atom is 0.254 e. The van der Waals surface area contributed by atoms with E-state index in [1.54, 1.807) is 18.1 Å². The molecule has 0 aliphatic rings. The van der Waals surface area contributed by atoms with Crippen molar-refractivity contribution in [3.63, 3.8) is 0 Å². The quantitative estimate of drug-likeness (QED) is 0.508. The molecule has 0 saturated carbocycles. The first-order valence-corrected chi connectivity index (χ1v) is 11.1. The van der Waals surface area contributed by atoms with E-state index >= 15 is 0 Å². The van der Waals surface area contributed by atoms with Gasteiger partial charge in [0.1, 0.15) is 16.6 Å². The summed E-state index contributed by atoms with van der Waals surface area (Å²) in [6, 6.07) is 12.9. The van der Waals surface area contributed by atoms with Crippen LogP contribution in [0.15, 0.2) is 48.5 Å². The van der Waals surface area contributed by atoms with Crippen molar-refractivity contribution in [2.24, 2.45) is 0 Å². The number of aromatic nitrogens is 2. The molecule has 168 valence electrons. The number of carbonyl (C=O) groups excluding carboxylic acids is 2. The third-order valence-electron chi connectivity index (χ3n) is 5.02. The van der Waals surface area contributed by atoms with E-state index in [1.165, 1.54) is 29.5 Å². The number of methoxy groups -OCH3 is 1. The molecular formula is C23H25FN4O3S. The molecule has 3 aromatic rings. The van der Waals surface area contributed by atoms with Crippen LogP contribution < -0.4 is 10.1 Å². The molecule has 9 heteroatoms. The lowest BCUT2D eigenvalue weighted by atomic mass is 10.1. The van der Waals surface area contributed by atoms with Gasteiger partial charge in [0.25, 0.3) is 5.91 Å². The lowest BCUT2D eigenvalue weighted by Gasteiger charge is -2.28. The van der Waals surface area contributed by atoms with Crippen LogP contribution in [0, 0.1) is 5.82 Å². The molecule has 1 atom stereocenters. The summed E-state index contributed by atoms with van der Waals surface area (Å²) >= 11 is 1.25. The minimum absolute atomic E-state index is 0.0828. The second-order valence-corrected chi connectivity index (χ2v) is 8.19.